The van der Waals surface area contributed by atoms with Crippen molar-refractivity contribution in [1.29, 1.82) is 0 Å². The van der Waals surface area contributed by atoms with Gasteiger partial charge >= 0.3 is 0 Å². The van der Waals surface area contributed by atoms with Gasteiger partial charge in [0.25, 0.3) is 0 Å². The second-order valence-corrected chi connectivity index (χ2v) is 5.89. The standard InChI is InChI=1S/C17H28N2/c1-4-18-12-16-8-10-19(11-9-16)13-17-7-5-6-14(2)15(17)3/h5-7,16,18H,4,8-13H2,1-3H3. The zero-order valence-electron chi connectivity index (χ0n) is 12.7. The molecule has 106 valence electrons. The van der Waals surface area contributed by atoms with Crippen LogP contribution in [0.5, 0.6) is 0 Å². The number of piperidine rings is 1. The molecule has 0 amide bonds. The number of nitrogens with zero attached hydrogens (tertiary/aromatic N) is 1. The molecule has 1 heterocycles. The first-order valence-corrected chi connectivity index (χ1v) is 7.69. The largest absolute Gasteiger partial charge is 0.317 e. The maximum Gasteiger partial charge on any atom is 0.0236 e. The second-order valence-electron chi connectivity index (χ2n) is 5.89. The Morgan fingerprint density at radius 1 is 1.21 bits per heavy atom. The predicted molar refractivity (Wildman–Crippen MR) is 82.5 cm³/mol. The van der Waals surface area contributed by atoms with Gasteiger partial charge in [-0.3, -0.25) is 4.90 Å². The molecule has 0 saturated carbocycles. The summed E-state index contributed by atoms with van der Waals surface area (Å²) in [6.07, 6.45) is 2.69. The molecule has 19 heavy (non-hydrogen) atoms. The van der Waals surface area contributed by atoms with E-state index in [9.17, 15) is 0 Å². The van der Waals surface area contributed by atoms with Crippen LogP contribution < -0.4 is 5.32 Å². The van der Waals surface area contributed by atoms with Crippen LogP contribution in [-0.4, -0.2) is 31.1 Å². The Bertz CT molecular complexity index is 392. The van der Waals surface area contributed by atoms with E-state index in [0.717, 1.165) is 19.0 Å². The van der Waals surface area contributed by atoms with Gasteiger partial charge in [0.1, 0.15) is 0 Å². The second kappa shape index (κ2) is 7.06. The van der Waals surface area contributed by atoms with Crippen LogP contribution in [0.1, 0.15) is 36.5 Å². The highest BCUT2D eigenvalue weighted by atomic mass is 15.1. The van der Waals surface area contributed by atoms with Crippen LogP contribution in [0.25, 0.3) is 0 Å². The summed E-state index contributed by atoms with van der Waals surface area (Å²) < 4.78 is 0. The van der Waals surface area contributed by atoms with Gasteiger partial charge in [0.15, 0.2) is 0 Å². The molecule has 0 spiro atoms. The minimum atomic E-state index is 0.884. The normalized spacial score (nSPS) is 17.8. The summed E-state index contributed by atoms with van der Waals surface area (Å²) in [4.78, 5) is 2.62. The summed E-state index contributed by atoms with van der Waals surface area (Å²) in [5.74, 6) is 0.884. The summed E-state index contributed by atoms with van der Waals surface area (Å²) in [5.41, 5.74) is 4.39. The first kappa shape index (κ1) is 14.5. The van der Waals surface area contributed by atoms with Crippen molar-refractivity contribution in [2.45, 2.75) is 40.2 Å². The third kappa shape index (κ3) is 4.05. The van der Waals surface area contributed by atoms with Crippen molar-refractivity contribution in [3.8, 4) is 0 Å². The van der Waals surface area contributed by atoms with Gasteiger partial charge in [-0.15, -0.1) is 0 Å². The molecular formula is C17H28N2. The van der Waals surface area contributed by atoms with Gasteiger partial charge in [0, 0.05) is 6.54 Å². The fraction of sp³-hybridized carbons (Fsp3) is 0.647. The van der Waals surface area contributed by atoms with E-state index in [-0.39, 0.29) is 0 Å². The van der Waals surface area contributed by atoms with Crippen molar-refractivity contribution in [2.24, 2.45) is 5.92 Å². The summed E-state index contributed by atoms with van der Waals surface area (Å²) >= 11 is 0. The summed E-state index contributed by atoms with van der Waals surface area (Å²) in [7, 11) is 0. The molecule has 0 aliphatic carbocycles. The molecule has 2 nitrogen and oxygen atoms in total. The third-order valence-corrected chi connectivity index (χ3v) is 4.50. The molecule has 1 aromatic carbocycles. The van der Waals surface area contributed by atoms with E-state index in [4.69, 9.17) is 0 Å². The Morgan fingerprint density at radius 3 is 2.63 bits per heavy atom. The lowest BCUT2D eigenvalue weighted by Gasteiger charge is -2.32. The van der Waals surface area contributed by atoms with E-state index in [2.05, 4.69) is 49.2 Å². The molecule has 1 N–H and O–H groups in total. The number of benzene rings is 1. The van der Waals surface area contributed by atoms with Crippen molar-refractivity contribution in [3.05, 3.63) is 34.9 Å². The lowest BCUT2D eigenvalue weighted by molar-refractivity contribution is 0.175. The molecule has 0 aromatic heterocycles. The Kier molecular flexibility index (Phi) is 5.41. The maximum absolute atomic E-state index is 3.48. The summed E-state index contributed by atoms with van der Waals surface area (Å²) in [6, 6.07) is 6.68. The molecule has 1 aliphatic rings. The molecule has 0 radical (unpaired) electrons. The first-order valence-electron chi connectivity index (χ1n) is 7.69. The molecular weight excluding hydrogens is 232 g/mol. The van der Waals surface area contributed by atoms with Crippen molar-refractivity contribution in [3.63, 3.8) is 0 Å². The topological polar surface area (TPSA) is 15.3 Å². The fourth-order valence-corrected chi connectivity index (χ4v) is 2.92. The van der Waals surface area contributed by atoms with E-state index in [0.29, 0.717) is 0 Å². The van der Waals surface area contributed by atoms with Gasteiger partial charge in [-0.05, 0) is 75.5 Å². The Labute approximate surface area is 118 Å². The predicted octanol–water partition coefficient (Wildman–Crippen LogP) is 3.12. The van der Waals surface area contributed by atoms with Gasteiger partial charge in [-0.25, -0.2) is 0 Å². The Hall–Kier alpha value is -0.860. The van der Waals surface area contributed by atoms with E-state index in [1.54, 1.807) is 0 Å². The van der Waals surface area contributed by atoms with Crippen LogP contribution in [0.2, 0.25) is 0 Å². The zero-order valence-corrected chi connectivity index (χ0v) is 12.7. The van der Waals surface area contributed by atoms with Crippen molar-refractivity contribution in [1.82, 2.24) is 10.2 Å². The molecule has 1 aliphatic heterocycles. The van der Waals surface area contributed by atoms with Gasteiger partial charge in [0.05, 0.1) is 0 Å². The molecule has 2 rings (SSSR count). The number of nitrogens with one attached hydrogen (secondary N) is 1. The van der Waals surface area contributed by atoms with Gasteiger partial charge < -0.3 is 5.32 Å². The highest BCUT2D eigenvalue weighted by Gasteiger charge is 2.19. The number of rotatable bonds is 5. The number of aryl methyl sites for hydroxylation is 1. The monoisotopic (exact) mass is 260 g/mol. The van der Waals surface area contributed by atoms with E-state index < -0.39 is 0 Å². The summed E-state index contributed by atoms with van der Waals surface area (Å²) in [6.45, 7) is 12.6. The van der Waals surface area contributed by atoms with Gasteiger partial charge in [-0.2, -0.15) is 0 Å². The van der Waals surface area contributed by atoms with E-state index >= 15 is 0 Å². The van der Waals surface area contributed by atoms with Crippen molar-refractivity contribution < 1.29 is 0 Å². The lowest BCUT2D eigenvalue weighted by atomic mass is 9.95. The average molecular weight is 260 g/mol. The molecule has 0 atom stereocenters. The van der Waals surface area contributed by atoms with Crippen LogP contribution in [0.3, 0.4) is 0 Å². The van der Waals surface area contributed by atoms with Gasteiger partial charge in [-0.1, -0.05) is 25.1 Å². The minimum absolute atomic E-state index is 0.884. The highest BCUT2D eigenvalue weighted by Crippen LogP contribution is 2.20. The van der Waals surface area contributed by atoms with Crippen LogP contribution in [0.15, 0.2) is 18.2 Å². The SMILES string of the molecule is CCNCC1CCN(Cc2cccc(C)c2C)CC1. The molecule has 2 heteroatoms. The quantitative estimate of drug-likeness (QED) is 0.875. The molecule has 0 unspecified atom stereocenters. The smallest absolute Gasteiger partial charge is 0.0236 e. The minimum Gasteiger partial charge on any atom is -0.317 e. The molecule has 0 bridgehead atoms. The number of hydrogen-bond acceptors (Lipinski definition) is 2. The molecule has 1 aromatic rings. The van der Waals surface area contributed by atoms with Crippen LogP contribution in [0.4, 0.5) is 0 Å². The number of likely N-dealkylation sites (tertiary alicyclic amines) is 1. The fourth-order valence-electron chi connectivity index (χ4n) is 2.92. The number of hydrogen-bond donors (Lipinski definition) is 1. The van der Waals surface area contributed by atoms with Crippen LogP contribution >= 0.6 is 0 Å². The van der Waals surface area contributed by atoms with Gasteiger partial charge in [0.2, 0.25) is 0 Å². The Morgan fingerprint density at radius 2 is 1.95 bits per heavy atom. The lowest BCUT2D eigenvalue weighted by Crippen LogP contribution is -2.37. The third-order valence-electron chi connectivity index (χ3n) is 4.50. The average Bonchev–Trinajstić information content (AvgIpc) is 2.43. The highest BCUT2D eigenvalue weighted by molar-refractivity contribution is 5.33. The molecule has 1 saturated heterocycles. The molecule has 1 fully saturated rings. The first-order chi connectivity index (χ1) is 9.20. The van der Waals surface area contributed by atoms with E-state index in [1.165, 1.54) is 49.2 Å². The zero-order chi connectivity index (χ0) is 13.7. The van der Waals surface area contributed by atoms with Crippen molar-refractivity contribution >= 4 is 0 Å². The van der Waals surface area contributed by atoms with E-state index in [1.807, 2.05) is 0 Å². The van der Waals surface area contributed by atoms with Crippen LogP contribution in [0, 0.1) is 19.8 Å². The summed E-state index contributed by atoms with van der Waals surface area (Å²) in [5, 5.41) is 3.48. The van der Waals surface area contributed by atoms with Crippen molar-refractivity contribution in [2.75, 3.05) is 26.2 Å². The Balaban J connectivity index is 1.84. The maximum atomic E-state index is 3.48. The van der Waals surface area contributed by atoms with Crippen LogP contribution in [-0.2, 0) is 6.54 Å².